The van der Waals surface area contributed by atoms with E-state index in [1.54, 1.807) is 28.4 Å². The van der Waals surface area contributed by atoms with Gasteiger partial charge in [-0.25, -0.2) is 0 Å². The molecular weight excluding hydrogens is 322 g/mol. The van der Waals surface area contributed by atoms with Crippen LogP contribution in [0.2, 0.25) is 0 Å². The van der Waals surface area contributed by atoms with Crippen molar-refractivity contribution < 1.29 is 18.9 Å². The summed E-state index contributed by atoms with van der Waals surface area (Å²) < 4.78 is 21.6. The van der Waals surface area contributed by atoms with Crippen LogP contribution in [0.4, 0.5) is 0 Å². The quantitative estimate of drug-likeness (QED) is 0.533. The highest BCUT2D eigenvalue weighted by atomic mass is 16.7. The van der Waals surface area contributed by atoms with Gasteiger partial charge in [0.25, 0.3) is 0 Å². The normalized spacial score (nSPS) is 19.6. The Labute approximate surface area is 154 Å². The molecule has 7 nitrogen and oxygen atoms in total. The highest BCUT2D eigenvalue weighted by molar-refractivity contribution is 4.73. The molecule has 0 aromatic carbocycles. The molecule has 1 heterocycles. The van der Waals surface area contributed by atoms with Gasteiger partial charge in [0, 0.05) is 87.3 Å². The fraction of sp³-hybridized carbons (Fsp3) is 1.00. The van der Waals surface area contributed by atoms with Crippen LogP contribution in [-0.4, -0.2) is 115 Å². The Balaban J connectivity index is 2.71. The molecule has 0 spiro atoms. The topological polar surface area (TPSA) is 46.6 Å². The number of hydrogen-bond donors (Lipinski definition) is 0. The largest absolute Gasteiger partial charge is 0.355 e. The lowest BCUT2D eigenvalue weighted by atomic mass is 10.2. The van der Waals surface area contributed by atoms with Gasteiger partial charge in [-0.05, 0) is 5.92 Å². The summed E-state index contributed by atoms with van der Waals surface area (Å²) in [6.07, 6.45) is -0.364. The Morgan fingerprint density at radius 3 is 1.08 bits per heavy atom. The number of ether oxygens (including phenoxy) is 4. The molecular formula is C18H39N3O4. The standard InChI is InChI=1S/C18H39N3O4/c1-16(2)13-19-7-9-20(14-17(22-3)23-4)11-12-21(10-8-19)15-18(24-5)25-6/h16-18H,7-15H2,1-6H3. The summed E-state index contributed by atoms with van der Waals surface area (Å²) in [4.78, 5) is 7.41. The molecule has 0 aromatic heterocycles. The van der Waals surface area contributed by atoms with Crippen molar-refractivity contribution in [3.63, 3.8) is 0 Å². The number of rotatable bonds is 10. The third kappa shape index (κ3) is 9.28. The van der Waals surface area contributed by atoms with Crippen molar-refractivity contribution in [3.05, 3.63) is 0 Å². The molecule has 1 fully saturated rings. The first-order valence-corrected chi connectivity index (χ1v) is 9.30. The average molecular weight is 362 g/mol. The third-order valence-electron chi connectivity index (χ3n) is 4.69. The van der Waals surface area contributed by atoms with E-state index < -0.39 is 0 Å². The monoisotopic (exact) mass is 361 g/mol. The van der Waals surface area contributed by atoms with Gasteiger partial charge in [-0.1, -0.05) is 13.8 Å². The number of hydrogen-bond acceptors (Lipinski definition) is 7. The molecule has 0 saturated carbocycles. The first-order chi connectivity index (χ1) is 12.0. The Hall–Kier alpha value is -0.280. The second-order valence-electron chi connectivity index (χ2n) is 7.10. The van der Waals surface area contributed by atoms with Crippen LogP contribution in [0.3, 0.4) is 0 Å². The molecule has 0 unspecified atom stereocenters. The summed E-state index contributed by atoms with van der Waals surface area (Å²) in [5.74, 6) is 0.666. The minimum Gasteiger partial charge on any atom is -0.355 e. The zero-order valence-electron chi connectivity index (χ0n) is 17.1. The molecule has 7 heteroatoms. The Kier molecular flexibility index (Phi) is 11.8. The molecule has 1 aliphatic heterocycles. The van der Waals surface area contributed by atoms with Gasteiger partial charge in [0.15, 0.2) is 12.6 Å². The number of methoxy groups -OCH3 is 4. The highest BCUT2D eigenvalue weighted by Crippen LogP contribution is 2.07. The van der Waals surface area contributed by atoms with Gasteiger partial charge in [-0.2, -0.15) is 0 Å². The summed E-state index contributed by atoms with van der Waals surface area (Å²) in [7, 11) is 6.79. The minimum atomic E-state index is -0.182. The van der Waals surface area contributed by atoms with Crippen LogP contribution in [0.5, 0.6) is 0 Å². The second kappa shape index (κ2) is 13.0. The minimum absolute atomic E-state index is 0.182. The van der Waals surface area contributed by atoms with Gasteiger partial charge in [0.2, 0.25) is 0 Å². The van der Waals surface area contributed by atoms with Crippen LogP contribution in [-0.2, 0) is 18.9 Å². The van der Waals surface area contributed by atoms with Gasteiger partial charge in [0.1, 0.15) is 0 Å². The van der Waals surface area contributed by atoms with E-state index in [1.807, 2.05) is 0 Å². The molecule has 0 radical (unpaired) electrons. The van der Waals surface area contributed by atoms with Crippen molar-refractivity contribution in [3.8, 4) is 0 Å². The lowest BCUT2D eigenvalue weighted by molar-refractivity contribution is -0.121. The fourth-order valence-corrected chi connectivity index (χ4v) is 3.16. The molecule has 1 saturated heterocycles. The summed E-state index contributed by atoms with van der Waals surface area (Å²) >= 11 is 0. The molecule has 150 valence electrons. The van der Waals surface area contributed by atoms with E-state index >= 15 is 0 Å². The average Bonchev–Trinajstić information content (AvgIpc) is 2.69. The second-order valence-corrected chi connectivity index (χ2v) is 7.10. The molecule has 0 aliphatic carbocycles. The van der Waals surface area contributed by atoms with Crippen LogP contribution in [0.1, 0.15) is 13.8 Å². The van der Waals surface area contributed by atoms with Gasteiger partial charge < -0.3 is 23.8 Å². The smallest absolute Gasteiger partial charge is 0.169 e. The zero-order valence-corrected chi connectivity index (χ0v) is 17.1. The summed E-state index contributed by atoms with van der Waals surface area (Å²) in [5, 5.41) is 0. The van der Waals surface area contributed by atoms with E-state index in [1.165, 1.54) is 0 Å². The van der Waals surface area contributed by atoms with Gasteiger partial charge >= 0.3 is 0 Å². The van der Waals surface area contributed by atoms with Crippen LogP contribution in [0.15, 0.2) is 0 Å². The van der Waals surface area contributed by atoms with E-state index in [4.69, 9.17) is 18.9 Å². The van der Waals surface area contributed by atoms with Gasteiger partial charge in [-0.15, -0.1) is 0 Å². The predicted octanol–water partition coefficient (Wildman–Crippen LogP) is 0.800. The summed E-state index contributed by atoms with van der Waals surface area (Å²) in [6.45, 7) is 13.4. The summed E-state index contributed by atoms with van der Waals surface area (Å²) in [6, 6.07) is 0. The van der Waals surface area contributed by atoms with Crippen molar-refractivity contribution in [1.29, 1.82) is 0 Å². The van der Waals surface area contributed by atoms with Crippen molar-refractivity contribution in [2.24, 2.45) is 5.92 Å². The van der Waals surface area contributed by atoms with E-state index in [-0.39, 0.29) is 12.6 Å². The first-order valence-electron chi connectivity index (χ1n) is 9.30. The van der Waals surface area contributed by atoms with Gasteiger partial charge in [0.05, 0.1) is 0 Å². The van der Waals surface area contributed by atoms with E-state index in [9.17, 15) is 0 Å². The molecule has 0 amide bonds. The van der Waals surface area contributed by atoms with E-state index in [0.29, 0.717) is 5.92 Å². The van der Waals surface area contributed by atoms with Crippen LogP contribution in [0, 0.1) is 5.92 Å². The van der Waals surface area contributed by atoms with Gasteiger partial charge in [-0.3, -0.25) is 9.80 Å². The molecule has 1 aliphatic rings. The molecule has 0 N–H and O–H groups in total. The SMILES string of the molecule is COC(CN1CCN(CC(C)C)CCN(CC(OC)OC)CC1)OC. The van der Waals surface area contributed by atoms with E-state index in [0.717, 1.165) is 58.9 Å². The predicted molar refractivity (Wildman–Crippen MR) is 99.8 cm³/mol. The summed E-state index contributed by atoms with van der Waals surface area (Å²) in [5.41, 5.74) is 0. The van der Waals surface area contributed by atoms with E-state index in [2.05, 4.69) is 28.5 Å². The lowest BCUT2D eigenvalue weighted by Crippen LogP contribution is -2.43. The third-order valence-corrected chi connectivity index (χ3v) is 4.69. The van der Waals surface area contributed by atoms with Crippen molar-refractivity contribution in [1.82, 2.24) is 14.7 Å². The molecule has 0 atom stereocenters. The highest BCUT2D eigenvalue weighted by Gasteiger charge is 2.21. The molecule has 25 heavy (non-hydrogen) atoms. The molecule has 1 rings (SSSR count). The number of nitrogens with zero attached hydrogens (tertiary/aromatic N) is 3. The Bertz CT molecular complexity index is 299. The maximum absolute atomic E-state index is 5.39. The van der Waals surface area contributed by atoms with Crippen molar-refractivity contribution >= 4 is 0 Å². The molecule has 0 bridgehead atoms. The van der Waals surface area contributed by atoms with Crippen LogP contribution >= 0.6 is 0 Å². The lowest BCUT2D eigenvalue weighted by Gasteiger charge is -2.29. The Morgan fingerprint density at radius 1 is 0.560 bits per heavy atom. The fourth-order valence-electron chi connectivity index (χ4n) is 3.16. The maximum atomic E-state index is 5.39. The van der Waals surface area contributed by atoms with Crippen LogP contribution in [0.25, 0.3) is 0 Å². The van der Waals surface area contributed by atoms with Crippen molar-refractivity contribution in [2.45, 2.75) is 26.4 Å². The Morgan fingerprint density at radius 2 is 0.840 bits per heavy atom. The maximum Gasteiger partial charge on any atom is 0.169 e. The zero-order chi connectivity index (χ0) is 18.7. The molecule has 0 aromatic rings. The first kappa shape index (κ1) is 22.8. The van der Waals surface area contributed by atoms with Crippen molar-refractivity contribution in [2.75, 3.05) is 87.3 Å². The van der Waals surface area contributed by atoms with Crippen LogP contribution < -0.4 is 0 Å².